The van der Waals surface area contributed by atoms with E-state index < -0.39 is 0 Å². The molecule has 4 rings (SSSR count). The average molecular weight is 422 g/mol. The van der Waals surface area contributed by atoms with E-state index in [4.69, 9.17) is 9.47 Å². The molecule has 0 aliphatic carbocycles. The van der Waals surface area contributed by atoms with E-state index in [1.165, 1.54) is 9.80 Å². The smallest absolute Gasteiger partial charge is 0.279 e. The lowest BCUT2D eigenvalue weighted by Crippen LogP contribution is -3.28. The zero-order valence-electron chi connectivity index (χ0n) is 18.0. The maximum absolute atomic E-state index is 12.6. The molecule has 0 unspecified atom stereocenters. The van der Waals surface area contributed by atoms with Gasteiger partial charge in [0, 0.05) is 11.1 Å². The molecule has 31 heavy (non-hydrogen) atoms. The molecule has 0 aromatic heterocycles. The van der Waals surface area contributed by atoms with Crippen molar-refractivity contribution < 1.29 is 24.1 Å². The van der Waals surface area contributed by atoms with Gasteiger partial charge in [0.05, 0.1) is 7.11 Å². The Labute approximate surface area is 183 Å². The quantitative estimate of drug-likeness (QED) is 0.501. The van der Waals surface area contributed by atoms with Crippen LogP contribution in [0.25, 0.3) is 10.8 Å². The average Bonchev–Trinajstić information content (AvgIpc) is 2.81. The van der Waals surface area contributed by atoms with E-state index in [-0.39, 0.29) is 5.91 Å². The molecule has 162 valence electrons. The van der Waals surface area contributed by atoms with Crippen molar-refractivity contribution in [2.75, 3.05) is 58.3 Å². The van der Waals surface area contributed by atoms with Crippen LogP contribution in [0.5, 0.6) is 11.5 Å². The number of piperazine rings is 1. The minimum absolute atomic E-state index is 0.0812. The molecule has 6 heteroatoms. The number of hydrogen-bond acceptors (Lipinski definition) is 3. The highest BCUT2D eigenvalue weighted by Gasteiger charge is 2.24. The summed E-state index contributed by atoms with van der Waals surface area (Å²) in [5.41, 5.74) is 0.891. The normalized spacial score (nSPS) is 18.5. The molecule has 1 saturated heterocycles. The van der Waals surface area contributed by atoms with Crippen molar-refractivity contribution in [2.24, 2.45) is 0 Å². The SMILES string of the molecule is COc1ccc(OCC[NH+]2CC[NH+](CC(=O)Nc3cccc4ccccc34)CC2)cc1. The lowest BCUT2D eigenvalue weighted by atomic mass is 10.1. The van der Waals surface area contributed by atoms with Gasteiger partial charge in [-0.3, -0.25) is 4.79 Å². The summed E-state index contributed by atoms with van der Waals surface area (Å²) in [6.07, 6.45) is 0. The topological polar surface area (TPSA) is 56.4 Å². The fourth-order valence-electron chi connectivity index (χ4n) is 4.12. The first kappa shape index (κ1) is 21.2. The molecule has 3 aromatic carbocycles. The number of carbonyl (C=O) groups is 1. The monoisotopic (exact) mass is 421 g/mol. The van der Waals surface area contributed by atoms with Crippen LogP contribution in [-0.2, 0) is 4.79 Å². The molecule has 1 amide bonds. The van der Waals surface area contributed by atoms with E-state index in [0.29, 0.717) is 13.2 Å². The third-order valence-corrected chi connectivity index (χ3v) is 5.92. The van der Waals surface area contributed by atoms with Gasteiger partial charge in [-0.25, -0.2) is 0 Å². The lowest BCUT2D eigenvalue weighted by molar-refractivity contribution is -1.01. The first-order chi connectivity index (χ1) is 15.2. The van der Waals surface area contributed by atoms with Crippen molar-refractivity contribution in [3.05, 3.63) is 66.7 Å². The Morgan fingerprint density at radius 1 is 0.871 bits per heavy atom. The standard InChI is InChI=1S/C25H29N3O3/c1-30-21-9-11-22(12-10-21)31-18-17-27-13-15-28(16-14-27)19-25(29)26-24-8-4-6-20-5-2-3-7-23(20)24/h2-12H,13-19H2,1H3,(H,26,29)/p+2. The Kier molecular flexibility index (Phi) is 7.02. The second-order valence-electron chi connectivity index (χ2n) is 8.03. The van der Waals surface area contributed by atoms with E-state index in [2.05, 4.69) is 17.4 Å². The zero-order valence-corrected chi connectivity index (χ0v) is 18.0. The fourth-order valence-corrected chi connectivity index (χ4v) is 4.12. The number of amides is 1. The van der Waals surface area contributed by atoms with Crippen LogP contribution in [0.1, 0.15) is 0 Å². The van der Waals surface area contributed by atoms with Crippen LogP contribution in [0.2, 0.25) is 0 Å². The van der Waals surface area contributed by atoms with Gasteiger partial charge in [-0.05, 0) is 35.7 Å². The Balaban J connectivity index is 1.18. The third-order valence-electron chi connectivity index (χ3n) is 5.92. The van der Waals surface area contributed by atoms with Crippen molar-refractivity contribution >= 4 is 22.4 Å². The fraction of sp³-hybridized carbons (Fsp3) is 0.320. The lowest BCUT2D eigenvalue weighted by Gasteiger charge is -2.29. The summed E-state index contributed by atoms with van der Waals surface area (Å²) >= 11 is 0. The van der Waals surface area contributed by atoms with Crippen LogP contribution in [-0.4, -0.2) is 58.9 Å². The number of quaternary nitrogens is 2. The minimum atomic E-state index is 0.0812. The molecule has 0 atom stereocenters. The Bertz CT molecular complexity index is 993. The van der Waals surface area contributed by atoms with Gasteiger partial charge in [-0.1, -0.05) is 36.4 Å². The highest BCUT2D eigenvalue weighted by molar-refractivity contribution is 6.02. The molecule has 3 aromatic rings. The summed E-state index contributed by atoms with van der Waals surface area (Å²) in [5.74, 6) is 1.79. The minimum Gasteiger partial charge on any atom is -0.497 e. The summed E-state index contributed by atoms with van der Waals surface area (Å²) in [7, 11) is 1.66. The highest BCUT2D eigenvalue weighted by Crippen LogP contribution is 2.22. The molecule has 6 nitrogen and oxygen atoms in total. The van der Waals surface area contributed by atoms with Gasteiger partial charge in [-0.2, -0.15) is 0 Å². The van der Waals surface area contributed by atoms with Crippen LogP contribution in [0.3, 0.4) is 0 Å². The summed E-state index contributed by atoms with van der Waals surface area (Å²) < 4.78 is 11.0. The van der Waals surface area contributed by atoms with Gasteiger partial charge in [-0.15, -0.1) is 0 Å². The molecule has 0 saturated carbocycles. The number of rotatable bonds is 8. The first-order valence-electron chi connectivity index (χ1n) is 10.9. The summed E-state index contributed by atoms with van der Waals surface area (Å²) in [5, 5.41) is 5.33. The van der Waals surface area contributed by atoms with E-state index in [0.717, 1.165) is 60.7 Å². The van der Waals surface area contributed by atoms with Gasteiger partial charge < -0.3 is 24.6 Å². The summed E-state index contributed by atoms with van der Waals surface area (Å²) in [6.45, 7) is 6.30. The second-order valence-corrected chi connectivity index (χ2v) is 8.03. The van der Waals surface area contributed by atoms with E-state index >= 15 is 0 Å². The maximum Gasteiger partial charge on any atom is 0.279 e. The first-order valence-corrected chi connectivity index (χ1v) is 10.9. The highest BCUT2D eigenvalue weighted by atomic mass is 16.5. The molecule has 1 aliphatic heterocycles. The van der Waals surface area contributed by atoms with E-state index in [1.807, 2.05) is 54.6 Å². The van der Waals surface area contributed by atoms with Gasteiger partial charge in [0.1, 0.15) is 50.8 Å². The van der Waals surface area contributed by atoms with Crippen LogP contribution < -0.4 is 24.6 Å². The van der Waals surface area contributed by atoms with Gasteiger partial charge in [0.15, 0.2) is 6.54 Å². The summed E-state index contributed by atoms with van der Waals surface area (Å²) in [4.78, 5) is 15.5. The number of benzene rings is 3. The van der Waals surface area contributed by atoms with E-state index in [1.54, 1.807) is 7.11 Å². The van der Waals surface area contributed by atoms with Crippen molar-refractivity contribution in [3.8, 4) is 11.5 Å². The molecule has 0 bridgehead atoms. The molecule has 1 fully saturated rings. The molecule has 1 heterocycles. The van der Waals surface area contributed by atoms with E-state index in [9.17, 15) is 4.79 Å². The number of ether oxygens (including phenoxy) is 2. The number of carbonyl (C=O) groups excluding carboxylic acids is 1. The van der Waals surface area contributed by atoms with Crippen LogP contribution in [0.15, 0.2) is 66.7 Å². The van der Waals surface area contributed by atoms with Crippen LogP contribution in [0.4, 0.5) is 5.69 Å². The predicted molar refractivity (Wildman–Crippen MR) is 122 cm³/mol. The number of methoxy groups -OCH3 is 1. The van der Waals surface area contributed by atoms with Gasteiger partial charge in [0.2, 0.25) is 0 Å². The predicted octanol–water partition coefficient (Wildman–Crippen LogP) is 0.649. The van der Waals surface area contributed by atoms with Crippen molar-refractivity contribution in [2.45, 2.75) is 0 Å². The Morgan fingerprint density at radius 2 is 1.55 bits per heavy atom. The van der Waals surface area contributed by atoms with Crippen molar-refractivity contribution in [3.63, 3.8) is 0 Å². The number of nitrogens with one attached hydrogen (secondary N) is 3. The van der Waals surface area contributed by atoms with Gasteiger partial charge in [0.25, 0.3) is 5.91 Å². The molecule has 0 spiro atoms. The van der Waals surface area contributed by atoms with Crippen molar-refractivity contribution in [1.82, 2.24) is 0 Å². The Morgan fingerprint density at radius 3 is 2.32 bits per heavy atom. The molecule has 0 radical (unpaired) electrons. The van der Waals surface area contributed by atoms with Gasteiger partial charge >= 0.3 is 0 Å². The number of hydrogen-bond donors (Lipinski definition) is 3. The zero-order chi connectivity index (χ0) is 21.5. The maximum atomic E-state index is 12.6. The van der Waals surface area contributed by atoms with Crippen LogP contribution >= 0.6 is 0 Å². The number of fused-ring (bicyclic) bond motifs is 1. The van der Waals surface area contributed by atoms with Crippen LogP contribution in [0, 0.1) is 0 Å². The largest absolute Gasteiger partial charge is 0.497 e. The van der Waals surface area contributed by atoms with Crippen molar-refractivity contribution in [1.29, 1.82) is 0 Å². The third kappa shape index (κ3) is 5.75. The molecule has 1 aliphatic rings. The summed E-state index contributed by atoms with van der Waals surface area (Å²) in [6, 6.07) is 21.9. The molecular weight excluding hydrogens is 390 g/mol. The Hall–Kier alpha value is -3.09. The molecule has 3 N–H and O–H groups in total. The second kappa shape index (κ2) is 10.3. The molecular formula is C25H31N3O3+2. The number of anilines is 1.